The van der Waals surface area contributed by atoms with Gasteiger partial charge < -0.3 is 34.2 Å². The number of unbranched alkanes of at least 4 members (excludes halogenated alkanes) is 28. The first kappa shape index (κ1) is 109. The van der Waals surface area contributed by atoms with Crippen molar-refractivity contribution in [3.05, 3.63) is 194 Å². The highest BCUT2D eigenvalue weighted by Crippen LogP contribution is 2.45. The van der Waals surface area contributed by atoms with E-state index in [4.69, 9.17) is 32.3 Å². The molecule has 0 heterocycles. The molecule has 0 spiro atoms. The monoisotopic (exact) mass is 1640 g/mol. The number of aliphatic hydroxyl groups is 2. The second-order valence-electron chi connectivity index (χ2n) is 29.3. The highest BCUT2D eigenvalue weighted by Gasteiger charge is 2.29. The lowest BCUT2D eigenvalue weighted by molar-refractivity contribution is -0.161. The first-order chi connectivity index (χ1) is 56.2. The summed E-state index contributed by atoms with van der Waals surface area (Å²) < 4.78 is 61.3. The van der Waals surface area contributed by atoms with Gasteiger partial charge in [0.05, 0.1) is 26.4 Å². The zero-order valence-electron chi connectivity index (χ0n) is 71.9. The molecule has 0 aromatic carbocycles. The van der Waals surface area contributed by atoms with Crippen LogP contribution in [0.3, 0.4) is 0 Å². The molecule has 0 aromatic heterocycles. The number of hydrogen-bond acceptors (Lipinski definition) is 14. The third-order valence-electron chi connectivity index (χ3n) is 18.3. The van der Waals surface area contributed by atoms with Gasteiger partial charge in [0.2, 0.25) is 0 Å². The predicted molar refractivity (Wildman–Crippen MR) is 481 cm³/mol. The van der Waals surface area contributed by atoms with E-state index in [1.165, 1.54) is 116 Å². The first-order valence-corrected chi connectivity index (χ1v) is 47.7. The quantitative estimate of drug-likeness (QED) is 0.0146. The number of esters is 3. The van der Waals surface area contributed by atoms with E-state index in [9.17, 15) is 43.5 Å². The van der Waals surface area contributed by atoms with E-state index >= 15 is 0 Å². The summed E-state index contributed by atoms with van der Waals surface area (Å²) in [7, 11) is -9.84. The number of ether oxygens (including phenoxy) is 3. The van der Waals surface area contributed by atoms with Crippen LogP contribution < -0.4 is 0 Å². The number of aliphatic hydroxyl groups excluding tert-OH is 2. The van der Waals surface area contributed by atoms with Crippen LogP contribution in [0, 0.1) is 0 Å². The zero-order chi connectivity index (χ0) is 83.6. The topological polar surface area (TPSA) is 231 Å². The Morgan fingerprint density at radius 1 is 0.252 bits per heavy atom. The third-order valence-corrected chi connectivity index (χ3v) is 20.2. The molecule has 0 aliphatic heterocycles. The fourth-order valence-corrected chi connectivity index (χ4v) is 13.1. The maximum absolute atomic E-state index is 13.0. The molecule has 0 saturated heterocycles. The van der Waals surface area contributed by atoms with E-state index < -0.39 is 91.5 Å². The molecule has 0 amide bonds. The van der Waals surface area contributed by atoms with Crippen molar-refractivity contribution >= 4 is 33.6 Å². The summed E-state index contributed by atoms with van der Waals surface area (Å²) in [6.45, 7) is 2.37. The van der Waals surface area contributed by atoms with Crippen LogP contribution in [-0.2, 0) is 55.8 Å². The molecule has 0 aliphatic carbocycles. The van der Waals surface area contributed by atoms with Crippen molar-refractivity contribution in [2.24, 2.45) is 0 Å². The minimum absolute atomic E-state index is 0.0382. The Bertz CT molecular complexity index is 2870. The molecule has 0 bridgehead atoms. The van der Waals surface area contributed by atoms with Gasteiger partial charge in [-0.1, -0.05) is 350 Å². The summed E-state index contributed by atoms with van der Waals surface area (Å²) >= 11 is 0. The second-order valence-corrected chi connectivity index (χ2v) is 32.2. The summed E-state index contributed by atoms with van der Waals surface area (Å²) in [5.74, 6) is -1.65. The Kier molecular flexibility index (Phi) is 83.4. The van der Waals surface area contributed by atoms with E-state index in [0.717, 1.165) is 161 Å². The fourth-order valence-electron chi connectivity index (χ4n) is 11.6. The van der Waals surface area contributed by atoms with E-state index in [2.05, 4.69) is 215 Å². The summed E-state index contributed by atoms with van der Waals surface area (Å²) in [6.07, 6.45) is 116. The molecule has 0 aromatic rings. The van der Waals surface area contributed by atoms with E-state index in [-0.39, 0.29) is 19.3 Å². The Morgan fingerprint density at radius 3 is 0.748 bits per heavy atom. The smallest absolute Gasteiger partial charge is 0.463 e. The van der Waals surface area contributed by atoms with Gasteiger partial charge in [-0.15, -0.1) is 0 Å². The normalized spacial score (nSPS) is 14.7. The molecular weight excluding hydrogens is 1480 g/mol. The number of phosphoric acid groups is 2. The van der Waals surface area contributed by atoms with Crippen molar-refractivity contribution < 1.29 is 75.8 Å². The van der Waals surface area contributed by atoms with Gasteiger partial charge in [-0.3, -0.25) is 32.5 Å². The van der Waals surface area contributed by atoms with Gasteiger partial charge in [0, 0.05) is 19.3 Å². The minimum atomic E-state index is -4.96. The highest BCUT2D eigenvalue weighted by atomic mass is 31.2. The molecule has 0 rings (SSSR count). The van der Waals surface area contributed by atoms with Gasteiger partial charge in [0.25, 0.3) is 0 Å². The third kappa shape index (κ3) is 89.0. The molecule has 5 unspecified atom stereocenters. The van der Waals surface area contributed by atoms with E-state index in [1.54, 1.807) is 0 Å². The maximum atomic E-state index is 13.0. The number of allylic oxidation sites excluding steroid dienone is 32. The van der Waals surface area contributed by atoms with Crippen molar-refractivity contribution in [1.29, 1.82) is 0 Å². The van der Waals surface area contributed by atoms with Crippen LogP contribution in [0.4, 0.5) is 0 Å². The second kappa shape index (κ2) is 87.7. The van der Waals surface area contributed by atoms with Gasteiger partial charge in [-0.2, -0.15) is 0 Å². The number of carbonyl (C=O) groups is 3. The van der Waals surface area contributed by atoms with Crippen LogP contribution in [-0.4, -0.2) is 95.9 Å². The van der Waals surface area contributed by atoms with Gasteiger partial charge in [0.1, 0.15) is 25.4 Å². The van der Waals surface area contributed by atoms with Crippen LogP contribution in [0.1, 0.15) is 342 Å². The first-order valence-electron chi connectivity index (χ1n) is 44.7. The zero-order valence-corrected chi connectivity index (χ0v) is 73.7. The molecule has 0 saturated carbocycles. The number of rotatable bonds is 83. The Morgan fingerprint density at radius 2 is 0.461 bits per heavy atom. The molecule has 16 nitrogen and oxygen atoms in total. The highest BCUT2D eigenvalue weighted by molar-refractivity contribution is 7.47. The predicted octanol–water partition coefficient (Wildman–Crippen LogP) is 27.4. The number of carbonyl (C=O) groups excluding carboxylic acids is 3. The lowest BCUT2D eigenvalue weighted by atomic mass is 10.0. The summed E-state index contributed by atoms with van der Waals surface area (Å²) in [5.41, 5.74) is 0. The Hall–Kier alpha value is -5.61. The standard InChI is InChI=1S/C97H160O16P2/c1-4-7-10-13-16-19-22-25-28-31-34-37-39-41-42-43-44-45-46-47-48-50-52-54-56-59-62-65-68-71-74-77-80-83-95(100)107-86-92(98)87-109-114(103,104)110-88-93(99)89-111-115(105,106)112-91-94(113-97(102)85-82-79-76-73-70-67-64-61-58-53-36-33-30-27-24-21-18-15-12-9-6-3)90-108-96(101)84-81-78-75-72-69-66-63-60-57-55-51-49-40-38-35-32-29-26-23-20-17-14-11-8-5-2/h8-9,11-12,16-21,25-30,34-38,41-42,49,51,53,57,60-61,64,70,73,92-94,98-99H,4-7,10,13-15,22-24,31-33,39-40,43-48,50,52,54-56,58-59,62-63,65-69,71-72,74-91H2,1-3H3,(H,103,104)(H,105,106)/b11-8-,12-9-,19-16-,20-17-,21-18-,28-25-,29-26-,30-27-,37-34-,38-35-,42-41-,51-49-,53-36-,60-57-,64-61-,73-70-. The van der Waals surface area contributed by atoms with Crippen molar-refractivity contribution in [3.8, 4) is 0 Å². The van der Waals surface area contributed by atoms with Crippen molar-refractivity contribution in [2.45, 2.75) is 360 Å². The molecule has 4 N–H and O–H groups in total. The molecule has 115 heavy (non-hydrogen) atoms. The molecule has 654 valence electrons. The van der Waals surface area contributed by atoms with Gasteiger partial charge in [-0.05, 0) is 167 Å². The largest absolute Gasteiger partial charge is 0.472 e. The van der Waals surface area contributed by atoms with Crippen LogP contribution in [0.15, 0.2) is 194 Å². The van der Waals surface area contributed by atoms with Crippen molar-refractivity contribution in [2.75, 3.05) is 39.6 Å². The molecule has 0 radical (unpaired) electrons. The molecule has 5 atom stereocenters. The lowest BCUT2D eigenvalue weighted by Gasteiger charge is -2.21. The maximum Gasteiger partial charge on any atom is 0.472 e. The molecule has 18 heteroatoms. The van der Waals surface area contributed by atoms with Crippen molar-refractivity contribution in [3.63, 3.8) is 0 Å². The van der Waals surface area contributed by atoms with Crippen molar-refractivity contribution in [1.82, 2.24) is 0 Å². The van der Waals surface area contributed by atoms with Crippen LogP contribution in [0.5, 0.6) is 0 Å². The summed E-state index contributed by atoms with van der Waals surface area (Å²) in [4.78, 5) is 58.9. The van der Waals surface area contributed by atoms with Crippen LogP contribution in [0.25, 0.3) is 0 Å². The fraction of sp³-hybridized carbons (Fsp3) is 0.639. The van der Waals surface area contributed by atoms with Gasteiger partial charge in [-0.25, -0.2) is 9.13 Å². The molecule has 0 fully saturated rings. The Balaban J connectivity index is 4.62. The van der Waals surface area contributed by atoms with E-state index in [1.807, 2.05) is 0 Å². The molecular formula is C97H160O16P2. The average molecular weight is 1640 g/mol. The van der Waals surface area contributed by atoms with Crippen LogP contribution in [0.2, 0.25) is 0 Å². The minimum Gasteiger partial charge on any atom is -0.463 e. The molecule has 0 aliphatic rings. The number of hydrogen-bond donors (Lipinski definition) is 4. The summed E-state index contributed by atoms with van der Waals surface area (Å²) in [6, 6.07) is 0. The van der Waals surface area contributed by atoms with E-state index in [0.29, 0.717) is 25.7 Å². The van der Waals surface area contributed by atoms with Crippen LogP contribution >= 0.6 is 15.6 Å². The SMILES string of the molecule is CC/C=C\C/C=C\C/C=C\C/C=C\C/C=C\C/C=C\CCCCCCCCC(=O)OCC(COP(=O)(O)OCC(O)COP(=O)(O)OCC(O)COC(=O)CCCCCCCCCCCCCCCCCCC/C=C\C/C=C\C/C=C\C/C=C\CCCCC)OC(=O)CCCC/C=C\C/C=C\C/C=C\C/C=C\C/C=C\C/C=C\CC. The Labute approximate surface area is 699 Å². The number of phosphoric ester groups is 2. The average Bonchev–Trinajstić information content (AvgIpc) is 0.925. The van der Waals surface area contributed by atoms with Gasteiger partial charge >= 0.3 is 33.6 Å². The summed E-state index contributed by atoms with van der Waals surface area (Å²) in [5, 5.41) is 20.7. The lowest BCUT2D eigenvalue weighted by Crippen LogP contribution is -2.30. The van der Waals surface area contributed by atoms with Gasteiger partial charge in [0.15, 0.2) is 6.10 Å².